The van der Waals surface area contributed by atoms with E-state index in [1.54, 1.807) is 0 Å². The van der Waals surface area contributed by atoms with Crippen molar-refractivity contribution >= 4 is 18.3 Å². The monoisotopic (exact) mass is 280 g/mol. The maximum atomic E-state index is 12.1. The lowest BCUT2D eigenvalue weighted by atomic mass is 10.0. The quantitative estimate of drug-likeness (QED) is 0.835. The van der Waals surface area contributed by atoms with Crippen molar-refractivity contribution in [2.24, 2.45) is 0 Å². The molecule has 104 valence electrons. The van der Waals surface area contributed by atoms with Crippen molar-refractivity contribution in [1.29, 1.82) is 0 Å². The van der Waals surface area contributed by atoms with Gasteiger partial charge >= 0.3 is 0 Å². The summed E-state index contributed by atoms with van der Waals surface area (Å²) in [4.78, 5) is 12.1. The van der Waals surface area contributed by atoms with Crippen LogP contribution in [0.15, 0.2) is 29.8 Å². The van der Waals surface area contributed by atoms with Crippen LogP contribution in [0.1, 0.15) is 27.9 Å². The molecule has 4 heteroatoms. The predicted molar refractivity (Wildman–Crippen MR) is 81.1 cm³/mol. The molecular weight excluding hydrogens is 260 g/mol. The number of amides is 1. The highest BCUT2D eigenvalue weighted by Crippen LogP contribution is 2.11. The summed E-state index contributed by atoms with van der Waals surface area (Å²) >= 11 is 0. The number of hydrogen-bond acceptors (Lipinski definition) is 2. The van der Waals surface area contributed by atoms with Crippen molar-refractivity contribution < 1.29 is 4.79 Å². The van der Waals surface area contributed by atoms with Gasteiger partial charge < -0.3 is 10.6 Å². The van der Waals surface area contributed by atoms with Gasteiger partial charge in [-0.3, -0.25) is 4.79 Å². The molecule has 0 radical (unpaired) electrons. The van der Waals surface area contributed by atoms with Crippen LogP contribution in [-0.2, 0) is 0 Å². The lowest BCUT2D eigenvalue weighted by Crippen LogP contribution is -2.30. The summed E-state index contributed by atoms with van der Waals surface area (Å²) in [5.41, 5.74) is 4.24. The van der Waals surface area contributed by atoms with Crippen molar-refractivity contribution in [3.63, 3.8) is 0 Å². The first-order chi connectivity index (χ1) is 8.66. The molecular formula is C15H21ClN2O. The minimum absolute atomic E-state index is 0. The van der Waals surface area contributed by atoms with Crippen molar-refractivity contribution in [3.8, 4) is 0 Å². The van der Waals surface area contributed by atoms with Crippen molar-refractivity contribution in [3.05, 3.63) is 46.5 Å². The van der Waals surface area contributed by atoms with Crippen molar-refractivity contribution in [2.45, 2.75) is 20.3 Å². The molecule has 1 aliphatic rings. The summed E-state index contributed by atoms with van der Waals surface area (Å²) in [5, 5.41) is 6.26. The van der Waals surface area contributed by atoms with Gasteiger partial charge in [0.05, 0.1) is 0 Å². The van der Waals surface area contributed by atoms with E-state index in [0.717, 1.165) is 36.2 Å². The third kappa shape index (κ3) is 4.37. The molecule has 0 aliphatic carbocycles. The molecule has 1 aromatic carbocycles. The smallest absolute Gasteiger partial charge is 0.251 e. The Labute approximate surface area is 120 Å². The number of carbonyl (C=O) groups is 1. The molecule has 1 heterocycles. The maximum absolute atomic E-state index is 12.1. The number of aryl methyl sites for hydroxylation is 2. The average Bonchev–Trinajstić information content (AvgIpc) is 2.40. The Morgan fingerprint density at radius 3 is 2.84 bits per heavy atom. The van der Waals surface area contributed by atoms with Gasteiger partial charge in [-0.1, -0.05) is 29.3 Å². The second-order valence-electron chi connectivity index (χ2n) is 4.82. The maximum Gasteiger partial charge on any atom is 0.251 e. The first kappa shape index (κ1) is 15.7. The Morgan fingerprint density at radius 2 is 2.16 bits per heavy atom. The van der Waals surface area contributed by atoms with Gasteiger partial charge in [0.1, 0.15) is 0 Å². The summed E-state index contributed by atoms with van der Waals surface area (Å²) < 4.78 is 0. The van der Waals surface area contributed by atoms with Crippen molar-refractivity contribution in [1.82, 2.24) is 10.6 Å². The standard InChI is InChI=1S/C15H20N2O.ClH/c1-11-3-4-12(2)14(9-11)15(18)17-10-13-5-7-16-8-6-13;/h3-5,9,16H,6-8,10H2,1-2H3,(H,17,18);1H. The molecule has 0 aromatic heterocycles. The molecule has 0 saturated heterocycles. The van der Waals surface area contributed by atoms with E-state index >= 15 is 0 Å². The highest BCUT2D eigenvalue weighted by molar-refractivity contribution is 5.95. The van der Waals surface area contributed by atoms with Crippen LogP contribution in [0, 0.1) is 13.8 Å². The van der Waals surface area contributed by atoms with Gasteiger partial charge in [-0.05, 0) is 38.4 Å². The van der Waals surface area contributed by atoms with Gasteiger partial charge in [0.2, 0.25) is 0 Å². The zero-order valence-corrected chi connectivity index (χ0v) is 12.3. The van der Waals surface area contributed by atoms with Gasteiger partial charge in [0.15, 0.2) is 0 Å². The van der Waals surface area contributed by atoms with Gasteiger partial charge in [0.25, 0.3) is 5.91 Å². The van der Waals surface area contributed by atoms with E-state index in [1.165, 1.54) is 5.57 Å². The van der Waals surface area contributed by atoms with E-state index in [0.29, 0.717) is 6.54 Å². The van der Waals surface area contributed by atoms with E-state index in [4.69, 9.17) is 0 Å². The fourth-order valence-corrected chi connectivity index (χ4v) is 2.10. The van der Waals surface area contributed by atoms with Crippen LogP contribution in [-0.4, -0.2) is 25.5 Å². The summed E-state index contributed by atoms with van der Waals surface area (Å²) in [6, 6.07) is 5.97. The van der Waals surface area contributed by atoms with Crippen LogP contribution in [0.3, 0.4) is 0 Å². The molecule has 0 unspecified atom stereocenters. The molecule has 0 bridgehead atoms. The lowest BCUT2D eigenvalue weighted by molar-refractivity contribution is 0.0956. The number of carbonyl (C=O) groups excluding carboxylic acids is 1. The Hall–Kier alpha value is -1.32. The average molecular weight is 281 g/mol. The summed E-state index contributed by atoms with van der Waals surface area (Å²) in [6.07, 6.45) is 3.18. The third-order valence-corrected chi connectivity index (χ3v) is 3.27. The Kier molecular flexibility index (Phi) is 6.06. The second-order valence-corrected chi connectivity index (χ2v) is 4.82. The minimum Gasteiger partial charge on any atom is -0.348 e. The van der Waals surface area contributed by atoms with E-state index < -0.39 is 0 Å². The third-order valence-electron chi connectivity index (χ3n) is 3.27. The number of rotatable bonds is 3. The normalized spacial score (nSPS) is 14.3. The SMILES string of the molecule is Cc1ccc(C)c(C(=O)NCC2=CCNCC2)c1.Cl. The van der Waals surface area contributed by atoms with E-state index in [2.05, 4.69) is 16.7 Å². The topological polar surface area (TPSA) is 41.1 Å². The van der Waals surface area contributed by atoms with E-state index in [9.17, 15) is 4.79 Å². The first-order valence-corrected chi connectivity index (χ1v) is 6.41. The summed E-state index contributed by atoms with van der Waals surface area (Å²) in [6.45, 7) is 6.55. The Bertz CT molecular complexity index is 483. The van der Waals surface area contributed by atoms with Crippen LogP contribution in [0.2, 0.25) is 0 Å². The molecule has 19 heavy (non-hydrogen) atoms. The van der Waals surface area contributed by atoms with Gasteiger partial charge in [0, 0.05) is 18.7 Å². The van der Waals surface area contributed by atoms with Gasteiger partial charge in [-0.2, -0.15) is 0 Å². The molecule has 3 nitrogen and oxygen atoms in total. The number of nitrogens with one attached hydrogen (secondary N) is 2. The minimum atomic E-state index is 0. The highest BCUT2D eigenvalue weighted by atomic mass is 35.5. The molecule has 0 spiro atoms. The van der Waals surface area contributed by atoms with Crippen LogP contribution < -0.4 is 10.6 Å². The lowest BCUT2D eigenvalue weighted by Gasteiger charge is -2.15. The number of benzene rings is 1. The van der Waals surface area contributed by atoms with Gasteiger partial charge in [-0.25, -0.2) is 0 Å². The second kappa shape index (κ2) is 7.31. The van der Waals surface area contributed by atoms with E-state index in [-0.39, 0.29) is 18.3 Å². The zero-order valence-electron chi connectivity index (χ0n) is 11.5. The molecule has 2 N–H and O–H groups in total. The predicted octanol–water partition coefficient (Wildman–Crippen LogP) is 2.37. The molecule has 1 amide bonds. The molecule has 0 saturated carbocycles. The molecule has 2 rings (SSSR count). The van der Waals surface area contributed by atoms with Crippen LogP contribution in [0.4, 0.5) is 0 Å². The van der Waals surface area contributed by atoms with E-state index in [1.807, 2.05) is 32.0 Å². The fourth-order valence-electron chi connectivity index (χ4n) is 2.10. The molecule has 1 aliphatic heterocycles. The molecule has 0 fully saturated rings. The Morgan fingerprint density at radius 1 is 1.37 bits per heavy atom. The Balaban J connectivity index is 0.00000180. The molecule has 0 atom stereocenters. The number of hydrogen-bond donors (Lipinski definition) is 2. The first-order valence-electron chi connectivity index (χ1n) is 6.41. The number of halogens is 1. The van der Waals surface area contributed by atoms with Crippen LogP contribution in [0.5, 0.6) is 0 Å². The summed E-state index contributed by atoms with van der Waals surface area (Å²) in [5.74, 6) is 0.0237. The van der Waals surface area contributed by atoms with Crippen LogP contribution >= 0.6 is 12.4 Å². The van der Waals surface area contributed by atoms with Gasteiger partial charge in [-0.15, -0.1) is 12.4 Å². The fraction of sp³-hybridized carbons (Fsp3) is 0.400. The summed E-state index contributed by atoms with van der Waals surface area (Å²) in [7, 11) is 0. The largest absolute Gasteiger partial charge is 0.348 e. The van der Waals surface area contributed by atoms with Crippen molar-refractivity contribution in [2.75, 3.05) is 19.6 Å². The van der Waals surface area contributed by atoms with Crippen LogP contribution in [0.25, 0.3) is 0 Å². The zero-order chi connectivity index (χ0) is 13.0. The highest BCUT2D eigenvalue weighted by Gasteiger charge is 2.10. The molecule has 1 aromatic rings.